The van der Waals surface area contributed by atoms with E-state index in [0.29, 0.717) is 0 Å². The zero-order valence-electron chi connectivity index (χ0n) is 13.6. The largest absolute Gasteiger partial charge is 0.478 e. The second kappa shape index (κ2) is 8.96. The fourth-order valence-corrected chi connectivity index (χ4v) is 2.11. The van der Waals surface area contributed by atoms with Gasteiger partial charge in [-0.15, -0.1) is 0 Å². The normalized spacial score (nSPS) is 11.8. The molecule has 0 aliphatic heterocycles. The average molecular weight is 381 g/mol. The Labute approximate surface area is 153 Å². The summed E-state index contributed by atoms with van der Waals surface area (Å²) in [4.78, 5) is 23.6. The lowest BCUT2D eigenvalue weighted by Gasteiger charge is -2.15. The summed E-state index contributed by atoms with van der Waals surface area (Å²) in [5.41, 5.74) is 4.28. The Morgan fingerprint density at radius 1 is 1.08 bits per heavy atom. The van der Waals surface area contributed by atoms with Crippen LogP contribution in [0.1, 0.15) is 12.5 Å². The number of halogens is 3. The van der Waals surface area contributed by atoms with Crippen LogP contribution < -0.4 is 15.6 Å². The maximum atomic E-state index is 13.6. The molecule has 0 aliphatic carbocycles. The van der Waals surface area contributed by atoms with E-state index in [4.69, 9.17) is 16.3 Å². The van der Waals surface area contributed by atoms with Crippen molar-refractivity contribution in [2.75, 3.05) is 0 Å². The van der Waals surface area contributed by atoms with E-state index in [0.717, 1.165) is 6.08 Å². The first-order chi connectivity index (χ1) is 12.4. The van der Waals surface area contributed by atoms with Gasteiger partial charge in [0.05, 0.1) is 5.02 Å². The number of carbonyl (C=O) groups excluding carboxylic acids is 2. The van der Waals surface area contributed by atoms with Gasteiger partial charge in [0.1, 0.15) is 5.82 Å². The topological polar surface area (TPSA) is 67.4 Å². The molecule has 2 N–H and O–H groups in total. The van der Waals surface area contributed by atoms with Crippen LogP contribution in [0, 0.1) is 11.6 Å². The van der Waals surface area contributed by atoms with Gasteiger partial charge in [-0.3, -0.25) is 20.4 Å². The molecule has 5 nitrogen and oxygen atoms in total. The summed E-state index contributed by atoms with van der Waals surface area (Å²) < 4.78 is 32.2. The van der Waals surface area contributed by atoms with Gasteiger partial charge in [-0.25, -0.2) is 8.78 Å². The first kappa shape index (κ1) is 19.4. The van der Waals surface area contributed by atoms with Crippen LogP contribution in [0.15, 0.2) is 48.5 Å². The highest BCUT2D eigenvalue weighted by atomic mass is 35.5. The monoisotopic (exact) mass is 380 g/mol. The summed E-state index contributed by atoms with van der Waals surface area (Å²) >= 11 is 5.83. The van der Waals surface area contributed by atoms with Crippen molar-refractivity contribution in [3.8, 4) is 5.75 Å². The molecule has 0 radical (unpaired) electrons. The third kappa shape index (κ3) is 5.29. The van der Waals surface area contributed by atoms with Crippen LogP contribution in [0.5, 0.6) is 5.75 Å². The van der Waals surface area contributed by atoms with Crippen LogP contribution in [0.2, 0.25) is 5.02 Å². The molecule has 2 amide bonds. The molecule has 0 heterocycles. The maximum absolute atomic E-state index is 13.6. The maximum Gasteiger partial charge on any atom is 0.279 e. The van der Waals surface area contributed by atoms with Crippen molar-refractivity contribution in [1.82, 2.24) is 10.9 Å². The van der Waals surface area contributed by atoms with Gasteiger partial charge in [0.25, 0.3) is 11.8 Å². The van der Waals surface area contributed by atoms with Crippen LogP contribution in [-0.2, 0) is 9.59 Å². The molecule has 0 saturated heterocycles. The van der Waals surface area contributed by atoms with Crippen molar-refractivity contribution in [3.63, 3.8) is 0 Å². The molecular weight excluding hydrogens is 366 g/mol. The zero-order valence-corrected chi connectivity index (χ0v) is 14.4. The lowest BCUT2D eigenvalue weighted by molar-refractivity contribution is -0.131. The van der Waals surface area contributed by atoms with Gasteiger partial charge in [-0.1, -0.05) is 29.8 Å². The number of hydrazine groups is 1. The van der Waals surface area contributed by atoms with E-state index in [-0.39, 0.29) is 16.3 Å². The summed E-state index contributed by atoms with van der Waals surface area (Å²) in [5, 5.41) is 0.144. The van der Waals surface area contributed by atoms with E-state index >= 15 is 0 Å². The average Bonchev–Trinajstić information content (AvgIpc) is 2.61. The molecule has 8 heteroatoms. The minimum absolute atomic E-state index is 0.0481. The second-order valence-corrected chi connectivity index (χ2v) is 5.54. The summed E-state index contributed by atoms with van der Waals surface area (Å²) in [6.45, 7) is 1.39. The third-order valence-corrected chi connectivity index (χ3v) is 3.55. The molecule has 0 aliphatic rings. The Morgan fingerprint density at radius 3 is 2.46 bits per heavy atom. The van der Waals surface area contributed by atoms with Crippen LogP contribution in [0.4, 0.5) is 8.78 Å². The van der Waals surface area contributed by atoms with Gasteiger partial charge in [0, 0.05) is 11.6 Å². The molecule has 0 saturated carbocycles. The molecule has 2 aromatic carbocycles. The van der Waals surface area contributed by atoms with Gasteiger partial charge in [-0.2, -0.15) is 0 Å². The van der Waals surface area contributed by atoms with E-state index in [1.165, 1.54) is 49.4 Å². The number of nitrogens with one attached hydrogen (secondary N) is 2. The Hall–Kier alpha value is -2.93. The highest BCUT2D eigenvalue weighted by Gasteiger charge is 2.16. The third-order valence-electron chi connectivity index (χ3n) is 3.22. The lowest BCUT2D eigenvalue weighted by atomic mass is 10.2. The van der Waals surface area contributed by atoms with E-state index in [1.807, 2.05) is 0 Å². The molecule has 0 fully saturated rings. The van der Waals surface area contributed by atoms with Crippen molar-refractivity contribution in [1.29, 1.82) is 0 Å². The van der Waals surface area contributed by atoms with E-state index in [9.17, 15) is 18.4 Å². The highest BCUT2D eigenvalue weighted by Crippen LogP contribution is 2.20. The predicted octanol–water partition coefficient (Wildman–Crippen LogP) is 3.25. The standard InChI is InChI=1S/C18H15ClF2N2O3/c1-11(26-16-8-3-2-6-15(16)21)18(25)23-22-17(24)10-9-12-13(19)5-4-7-14(12)20/h2-11H,1H3,(H,22,24)(H,23,25)/b10-9+/t11-/m1/s1. The molecule has 136 valence electrons. The van der Waals surface area contributed by atoms with Crippen LogP contribution in [0.3, 0.4) is 0 Å². The first-order valence-corrected chi connectivity index (χ1v) is 7.89. The van der Waals surface area contributed by atoms with Gasteiger partial charge in [0.2, 0.25) is 0 Å². The molecule has 2 aromatic rings. The fraction of sp³-hybridized carbons (Fsp3) is 0.111. The highest BCUT2D eigenvalue weighted by molar-refractivity contribution is 6.32. The van der Waals surface area contributed by atoms with Gasteiger partial charge < -0.3 is 4.74 Å². The zero-order chi connectivity index (χ0) is 19.1. The predicted molar refractivity (Wildman–Crippen MR) is 93.2 cm³/mol. The Balaban J connectivity index is 1.87. The number of ether oxygens (including phenoxy) is 1. The van der Waals surface area contributed by atoms with Gasteiger partial charge in [0.15, 0.2) is 17.7 Å². The number of carbonyl (C=O) groups is 2. The van der Waals surface area contributed by atoms with Crippen LogP contribution >= 0.6 is 11.6 Å². The Bertz CT molecular complexity index is 823. The van der Waals surface area contributed by atoms with Crippen molar-refractivity contribution in [2.45, 2.75) is 13.0 Å². The number of amides is 2. The molecule has 0 aromatic heterocycles. The fourth-order valence-electron chi connectivity index (χ4n) is 1.88. The molecule has 0 bridgehead atoms. The number of benzene rings is 2. The van der Waals surface area contributed by atoms with Gasteiger partial charge in [-0.05, 0) is 37.3 Å². The molecule has 1 atom stereocenters. The van der Waals surface area contributed by atoms with Crippen molar-refractivity contribution < 1.29 is 23.1 Å². The summed E-state index contributed by atoms with van der Waals surface area (Å²) in [7, 11) is 0. The quantitative estimate of drug-likeness (QED) is 0.618. The summed E-state index contributed by atoms with van der Waals surface area (Å²) in [6, 6.07) is 9.73. The smallest absolute Gasteiger partial charge is 0.279 e. The van der Waals surface area contributed by atoms with Crippen LogP contribution in [-0.4, -0.2) is 17.9 Å². The van der Waals surface area contributed by atoms with Crippen LogP contribution in [0.25, 0.3) is 6.08 Å². The number of para-hydroxylation sites is 1. The molecule has 26 heavy (non-hydrogen) atoms. The van der Waals surface area contributed by atoms with E-state index in [1.54, 1.807) is 6.07 Å². The van der Waals surface area contributed by atoms with Gasteiger partial charge >= 0.3 is 0 Å². The van der Waals surface area contributed by atoms with Crippen molar-refractivity contribution >= 4 is 29.5 Å². The first-order valence-electron chi connectivity index (χ1n) is 7.51. The molecule has 2 rings (SSSR count). The summed E-state index contributed by atoms with van der Waals surface area (Å²) in [5.74, 6) is -2.69. The Kier molecular flexibility index (Phi) is 6.68. The summed E-state index contributed by atoms with van der Waals surface area (Å²) in [6.07, 6.45) is 1.13. The second-order valence-electron chi connectivity index (χ2n) is 5.14. The minimum atomic E-state index is -1.06. The SMILES string of the molecule is C[C@@H](Oc1ccccc1F)C(=O)NNC(=O)/C=C/c1c(F)cccc1Cl. The van der Waals surface area contributed by atoms with E-state index < -0.39 is 29.6 Å². The lowest BCUT2D eigenvalue weighted by Crippen LogP contribution is -2.46. The van der Waals surface area contributed by atoms with E-state index in [2.05, 4.69) is 10.9 Å². The molecule has 0 unspecified atom stereocenters. The number of rotatable bonds is 5. The number of hydrogen-bond donors (Lipinski definition) is 2. The van der Waals surface area contributed by atoms with Crippen molar-refractivity contribution in [2.24, 2.45) is 0 Å². The molecular formula is C18H15ClF2N2O3. The van der Waals surface area contributed by atoms with Crippen molar-refractivity contribution in [3.05, 3.63) is 70.8 Å². The minimum Gasteiger partial charge on any atom is -0.478 e. The molecule has 0 spiro atoms. The Morgan fingerprint density at radius 2 is 1.77 bits per heavy atom. The number of hydrogen-bond acceptors (Lipinski definition) is 3.